The van der Waals surface area contributed by atoms with Crippen molar-refractivity contribution in [2.75, 3.05) is 12.8 Å². The molecule has 0 aliphatic carbocycles. The van der Waals surface area contributed by atoms with Crippen LogP contribution in [0.25, 0.3) is 11.2 Å². The number of carbonyl (C=O) groups is 1. The first-order valence-electron chi connectivity index (χ1n) is 4.96. The molecule has 0 amide bonds. The molecule has 0 aliphatic rings. The second kappa shape index (κ2) is 4.58. The van der Waals surface area contributed by atoms with Crippen molar-refractivity contribution in [1.29, 1.82) is 0 Å². The zero-order valence-electron chi connectivity index (χ0n) is 9.18. The van der Waals surface area contributed by atoms with Crippen molar-refractivity contribution in [2.24, 2.45) is 0 Å². The number of nitrogen functional groups attached to an aromatic ring is 1. The summed E-state index contributed by atoms with van der Waals surface area (Å²) in [5, 5.41) is 0.495. The van der Waals surface area contributed by atoms with Gasteiger partial charge in [0.2, 0.25) is 5.95 Å². The van der Waals surface area contributed by atoms with Gasteiger partial charge in [0, 0.05) is 12.7 Å². The number of ether oxygens (including phenoxy) is 1. The largest absolute Gasteiger partial charge is 0.469 e. The lowest BCUT2D eigenvalue weighted by atomic mass is 10.4. The van der Waals surface area contributed by atoms with Gasteiger partial charge >= 0.3 is 5.97 Å². The first-order valence-corrected chi connectivity index (χ1v) is 5.33. The molecular weight excluding hydrogens is 244 g/mol. The molecule has 2 heterocycles. The number of esters is 1. The molecule has 17 heavy (non-hydrogen) atoms. The summed E-state index contributed by atoms with van der Waals surface area (Å²) in [7, 11) is 1.34. The lowest BCUT2D eigenvalue weighted by Gasteiger charge is -2.04. The van der Waals surface area contributed by atoms with Crippen molar-refractivity contribution < 1.29 is 9.53 Å². The number of imidazole rings is 1. The molecule has 0 fully saturated rings. The number of hydrogen-bond acceptors (Lipinski definition) is 5. The number of methoxy groups -OCH3 is 1. The summed E-state index contributed by atoms with van der Waals surface area (Å²) >= 11 is 5.80. The Morgan fingerprint density at radius 1 is 1.65 bits per heavy atom. The van der Waals surface area contributed by atoms with Gasteiger partial charge in [-0.2, -0.15) is 0 Å². The summed E-state index contributed by atoms with van der Waals surface area (Å²) in [5.74, 6) is -0.00103. The van der Waals surface area contributed by atoms with Crippen LogP contribution in [0.15, 0.2) is 12.3 Å². The number of nitrogens with two attached hydrogens (primary N) is 1. The highest BCUT2D eigenvalue weighted by molar-refractivity contribution is 6.31. The van der Waals surface area contributed by atoms with Crippen molar-refractivity contribution in [3.63, 3.8) is 0 Å². The van der Waals surface area contributed by atoms with Gasteiger partial charge in [-0.3, -0.25) is 9.36 Å². The maximum atomic E-state index is 11.1. The summed E-state index contributed by atoms with van der Waals surface area (Å²) < 4.78 is 6.22. The van der Waals surface area contributed by atoms with Crippen LogP contribution in [0.4, 0.5) is 5.95 Å². The second-order valence-corrected chi connectivity index (χ2v) is 3.88. The number of halogens is 1. The van der Waals surface area contributed by atoms with Gasteiger partial charge in [-0.15, -0.1) is 0 Å². The molecule has 0 unspecified atom stereocenters. The quantitative estimate of drug-likeness (QED) is 0.833. The number of pyridine rings is 1. The standard InChI is InChI=1S/C10H11ClN4O2/c1-17-8(16)2-3-15-9-7(14-10(15)12)4-6(11)5-13-9/h4-5H,2-3H2,1H3,(H2,12,14). The number of aryl methyl sites for hydroxylation is 1. The van der Waals surface area contributed by atoms with E-state index in [4.69, 9.17) is 17.3 Å². The smallest absolute Gasteiger partial charge is 0.307 e. The van der Waals surface area contributed by atoms with E-state index < -0.39 is 0 Å². The molecule has 0 radical (unpaired) electrons. The van der Waals surface area contributed by atoms with Crippen LogP contribution in [0.1, 0.15) is 6.42 Å². The summed E-state index contributed by atoms with van der Waals surface area (Å²) in [5.41, 5.74) is 6.97. The Kier molecular flexibility index (Phi) is 3.14. The zero-order valence-corrected chi connectivity index (χ0v) is 9.94. The van der Waals surface area contributed by atoms with E-state index in [1.807, 2.05) is 0 Å². The number of rotatable bonds is 3. The monoisotopic (exact) mass is 254 g/mol. The Labute approximate surface area is 102 Å². The van der Waals surface area contributed by atoms with Gasteiger partial charge in [0.15, 0.2) is 5.65 Å². The normalized spacial score (nSPS) is 10.7. The van der Waals surface area contributed by atoms with Crippen LogP contribution in [-0.4, -0.2) is 27.6 Å². The van der Waals surface area contributed by atoms with E-state index in [2.05, 4.69) is 14.7 Å². The first-order chi connectivity index (χ1) is 8.11. The Hall–Kier alpha value is -1.82. The minimum Gasteiger partial charge on any atom is -0.469 e. The van der Waals surface area contributed by atoms with Gasteiger partial charge in [0.05, 0.1) is 18.6 Å². The van der Waals surface area contributed by atoms with Crippen LogP contribution >= 0.6 is 11.6 Å². The second-order valence-electron chi connectivity index (χ2n) is 3.44. The number of nitrogens with zero attached hydrogens (tertiary/aromatic N) is 3. The summed E-state index contributed by atoms with van der Waals surface area (Å²) in [6.07, 6.45) is 1.73. The van der Waals surface area contributed by atoms with Gasteiger partial charge in [-0.05, 0) is 6.07 Å². The third-order valence-corrected chi connectivity index (χ3v) is 2.55. The first kappa shape index (κ1) is 11.7. The zero-order chi connectivity index (χ0) is 12.4. The van der Waals surface area contributed by atoms with Crippen molar-refractivity contribution >= 4 is 34.7 Å². The number of carbonyl (C=O) groups excluding carboxylic acids is 1. The summed E-state index contributed by atoms with van der Waals surface area (Å²) in [6, 6.07) is 1.68. The SMILES string of the molecule is COC(=O)CCn1c(N)nc2cc(Cl)cnc21. The van der Waals surface area contributed by atoms with Crippen molar-refractivity contribution in [3.05, 3.63) is 17.3 Å². The average Bonchev–Trinajstić information content (AvgIpc) is 2.61. The molecule has 0 saturated carbocycles. The maximum Gasteiger partial charge on any atom is 0.307 e. The lowest BCUT2D eigenvalue weighted by molar-refractivity contribution is -0.140. The predicted molar refractivity (Wildman–Crippen MR) is 63.6 cm³/mol. The number of aromatic nitrogens is 3. The highest BCUT2D eigenvalue weighted by Gasteiger charge is 2.11. The van der Waals surface area contributed by atoms with Gasteiger partial charge in [0.1, 0.15) is 5.52 Å². The van der Waals surface area contributed by atoms with Crippen molar-refractivity contribution in [1.82, 2.24) is 14.5 Å². The summed E-state index contributed by atoms with van der Waals surface area (Å²) in [4.78, 5) is 19.3. The van der Waals surface area contributed by atoms with Gasteiger partial charge in [0.25, 0.3) is 0 Å². The molecule has 0 atom stereocenters. The predicted octanol–water partition coefficient (Wildman–Crippen LogP) is 1.23. The minimum atomic E-state index is -0.305. The summed E-state index contributed by atoms with van der Waals surface area (Å²) in [6.45, 7) is 0.379. The molecule has 2 N–H and O–H groups in total. The van der Waals surface area contributed by atoms with E-state index >= 15 is 0 Å². The number of anilines is 1. The minimum absolute atomic E-state index is 0.219. The van der Waals surface area contributed by atoms with E-state index in [1.54, 1.807) is 10.6 Å². The van der Waals surface area contributed by atoms with Gasteiger partial charge < -0.3 is 10.5 Å². The molecule has 0 saturated heterocycles. The molecule has 90 valence electrons. The molecule has 0 spiro atoms. The molecule has 2 aromatic heterocycles. The van der Waals surface area contributed by atoms with E-state index in [0.29, 0.717) is 28.7 Å². The van der Waals surface area contributed by atoms with Gasteiger partial charge in [-0.25, -0.2) is 9.97 Å². The molecule has 2 aromatic rings. The maximum absolute atomic E-state index is 11.1. The Morgan fingerprint density at radius 2 is 2.41 bits per heavy atom. The lowest BCUT2D eigenvalue weighted by Crippen LogP contribution is -2.09. The molecule has 2 rings (SSSR count). The Bertz CT molecular complexity index is 567. The van der Waals surface area contributed by atoms with E-state index in [0.717, 1.165) is 0 Å². The highest BCUT2D eigenvalue weighted by Crippen LogP contribution is 2.19. The molecule has 6 nitrogen and oxygen atoms in total. The molecule has 7 heteroatoms. The number of hydrogen-bond donors (Lipinski definition) is 1. The third-order valence-electron chi connectivity index (χ3n) is 2.35. The Balaban J connectivity index is 2.33. The molecular formula is C10H11ClN4O2. The topological polar surface area (TPSA) is 83.0 Å². The van der Waals surface area contributed by atoms with E-state index in [-0.39, 0.29) is 12.4 Å². The Morgan fingerprint density at radius 3 is 3.12 bits per heavy atom. The number of fused-ring (bicyclic) bond motifs is 1. The van der Waals surface area contributed by atoms with Crippen molar-refractivity contribution in [3.8, 4) is 0 Å². The fraction of sp³-hybridized carbons (Fsp3) is 0.300. The fourth-order valence-electron chi connectivity index (χ4n) is 1.53. The molecule has 0 bridgehead atoms. The van der Waals surface area contributed by atoms with Crippen molar-refractivity contribution in [2.45, 2.75) is 13.0 Å². The fourth-order valence-corrected chi connectivity index (χ4v) is 1.68. The van der Waals surface area contributed by atoms with Gasteiger partial charge in [-0.1, -0.05) is 11.6 Å². The van der Waals surface area contributed by atoms with Crippen LogP contribution in [0.3, 0.4) is 0 Å². The molecule has 0 aromatic carbocycles. The molecule has 0 aliphatic heterocycles. The van der Waals surface area contributed by atoms with E-state index in [9.17, 15) is 4.79 Å². The average molecular weight is 255 g/mol. The van der Waals surface area contributed by atoms with E-state index in [1.165, 1.54) is 13.3 Å². The van der Waals surface area contributed by atoms with Crippen LogP contribution in [0, 0.1) is 0 Å². The van der Waals surface area contributed by atoms with Crippen LogP contribution in [0.5, 0.6) is 0 Å². The van der Waals surface area contributed by atoms with Crippen LogP contribution in [0.2, 0.25) is 5.02 Å². The van der Waals surface area contributed by atoms with Crippen LogP contribution < -0.4 is 5.73 Å². The highest BCUT2D eigenvalue weighted by atomic mass is 35.5. The van der Waals surface area contributed by atoms with Crippen LogP contribution in [-0.2, 0) is 16.1 Å². The third kappa shape index (κ3) is 2.31.